The van der Waals surface area contributed by atoms with Crippen molar-refractivity contribution >= 4 is 29.1 Å². The van der Waals surface area contributed by atoms with E-state index < -0.39 is 17.8 Å². The van der Waals surface area contributed by atoms with Crippen molar-refractivity contribution in [1.82, 2.24) is 4.57 Å². The first-order valence-electron chi connectivity index (χ1n) is 12.2. The van der Waals surface area contributed by atoms with Crippen LogP contribution in [0.15, 0.2) is 88.2 Å². The molecule has 0 aliphatic carbocycles. The molecule has 1 aliphatic heterocycles. The van der Waals surface area contributed by atoms with E-state index in [4.69, 9.17) is 19.2 Å². The lowest BCUT2D eigenvalue weighted by Crippen LogP contribution is -2.40. The third-order valence-corrected chi connectivity index (χ3v) is 7.26. The second-order valence-electron chi connectivity index (χ2n) is 8.57. The van der Waals surface area contributed by atoms with E-state index in [-0.39, 0.29) is 17.7 Å². The standard InChI is InChI=1S/C30H25FN2O5S/c1-4-38-29(35)24-25(18-9-6-5-7-10-18)32-30-33(26(24)19-13-15-21(31)16-14-19)28(34)23(39-30)17-20-11-8-12-22(36-2)27(20)37-3/h5-17,26H,4H2,1-3H3. The van der Waals surface area contributed by atoms with Gasteiger partial charge >= 0.3 is 5.97 Å². The molecule has 5 rings (SSSR count). The smallest absolute Gasteiger partial charge is 0.338 e. The first-order chi connectivity index (χ1) is 19.0. The number of halogens is 1. The van der Waals surface area contributed by atoms with Crippen molar-refractivity contribution in [3.8, 4) is 11.5 Å². The van der Waals surface area contributed by atoms with Crippen LogP contribution in [0, 0.1) is 5.82 Å². The molecule has 2 heterocycles. The Kier molecular flexibility index (Phi) is 7.42. The Balaban J connectivity index is 1.83. The number of esters is 1. The van der Waals surface area contributed by atoms with Crippen molar-refractivity contribution in [3.63, 3.8) is 0 Å². The number of carbonyl (C=O) groups is 1. The molecule has 1 aliphatic rings. The van der Waals surface area contributed by atoms with Crippen LogP contribution in [0.4, 0.5) is 4.39 Å². The minimum atomic E-state index is -0.884. The first kappa shape index (κ1) is 26.1. The Bertz CT molecular complexity index is 1740. The van der Waals surface area contributed by atoms with Gasteiger partial charge in [-0.05, 0) is 36.8 Å². The number of fused-ring (bicyclic) bond motifs is 1. The summed E-state index contributed by atoms with van der Waals surface area (Å²) in [6.07, 6.45) is 1.71. The van der Waals surface area contributed by atoms with E-state index in [0.29, 0.717) is 43.2 Å². The SMILES string of the molecule is CCOC(=O)C1=C(c2ccccc2)N=c2sc(=Cc3cccc(OC)c3OC)c(=O)n2C1c1ccc(F)cc1. The minimum absolute atomic E-state index is 0.139. The van der Waals surface area contributed by atoms with Crippen LogP contribution in [0.2, 0.25) is 0 Å². The molecule has 1 atom stereocenters. The summed E-state index contributed by atoms with van der Waals surface area (Å²) < 4.78 is 32.1. The maximum absolute atomic E-state index is 14.0. The quantitative estimate of drug-likeness (QED) is 0.328. The van der Waals surface area contributed by atoms with Gasteiger partial charge in [0.15, 0.2) is 16.3 Å². The van der Waals surface area contributed by atoms with Gasteiger partial charge in [-0.2, -0.15) is 0 Å². The highest BCUT2D eigenvalue weighted by Gasteiger charge is 2.35. The fraction of sp³-hybridized carbons (Fsp3) is 0.167. The Labute approximate surface area is 227 Å². The van der Waals surface area contributed by atoms with E-state index in [9.17, 15) is 14.0 Å². The highest BCUT2D eigenvalue weighted by atomic mass is 32.1. The van der Waals surface area contributed by atoms with Crippen LogP contribution >= 0.6 is 11.3 Å². The predicted octanol–water partition coefficient (Wildman–Crippen LogP) is 4.09. The molecule has 0 saturated carbocycles. The van der Waals surface area contributed by atoms with E-state index in [2.05, 4.69) is 0 Å². The van der Waals surface area contributed by atoms with Crippen molar-refractivity contribution in [2.45, 2.75) is 13.0 Å². The summed E-state index contributed by atoms with van der Waals surface area (Å²) in [5.41, 5.74) is 2.14. The molecule has 39 heavy (non-hydrogen) atoms. The largest absolute Gasteiger partial charge is 0.493 e. The Morgan fingerprint density at radius 3 is 2.44 bits per heavy atom. The number of para-hydroxylation sites is 1. The summed E-state index contributed by atoms with van der Waals surface area (Å²) in [6.45, 7) is 1.85. The van der Waals surface area contributed by atoms with Crippen molar-refractivity contribution in [2.24, 2.45) is 4.99 Å². The fourth-order valence-electron chi connectivity index (χ4n) is 4.57. The minimum Gasteiger partial charge on any atom is -0.493 e. The van der Waals surface area contributed by atoms with Gasteiger partial charge in [0.1, 0.15) is 5.82 Å². The van der Waals surface area contributed by atoms with Crippen molar-refractivity contribution in [1.29, 1.82) is 0 Å². The molecular formula is C30H25FN2O5S. The van der Waals surface area contributed by atoms with Crippen LogP contribution in [0.5, 0.6) is 11.5 Å². The van der Waals surface area contributed by atoms with Crippen LogP contribution in [-0.2, 0) is 9.53 Å². The maximum atomic E-state index is 14.0. The number of rotatable bonds is 7. The summed E-state index contributed by atoms with van der Waals surface area (Å²) >= 11 is 1.19. The second-order valence-corrected chi connectivity index (χ2v) is 9.57. The van der Waals surface area contributed by atoms with E-state index >= 15 is 0 Å². The normalized spacial score (nSPS) is 15.0. The van der Waals surface area contributed by atoms with Gasteiger partial charge in [0.25, 0.3) is 5.56 Å². The lowest BCUT2D eigenvalue weighted by atomic mass is 9.93. The van der Waals surface area contributed by atoms with Crippen molar-refractivity contribution < 1.29 is 23.4 Å². The summed E-state index contributed by atoms with van der Waals surface area (Å²) in [5.74, 6) is -0.0170. The van der Waals surface area contributed by atoms with E-state index in [0.717, 1.165) is 0 Å². The zero-order valence-corrected chi connectivity index (χ0v) is 22.3. The second kappa shape index (κ2) is 11.1. The predicted molar refractivity (Wildman–Crippen MR) is 147 cm³/mol. The highest BCUT2D eigenvalue weighted by molar-refractivity contribution is 7.07. The summed E-state index contributed by atoms with van der Waals surface area (Å²) in [7, 11) is 3.07. The molecule has 0 fully saturated rings. The number of thiazole rings is 1. The van der Waals surface area contributed by atoms with E-state index in [1.165, 1.54) is 35.1 Å². The monoisotopic (exact) mass is 544 g/mol. The van der Waals surface area contributed by atoms with Gasteiger partial charge in [0, 0.05) is 11.1 Å². The molecule has 7 nitrogen and oxygen atoms in total. The first-order valence-corrected chi connectivity index (χ1v) is 13.0. The zero-order valence-electron chi connectivity index (χ0n) is 21.5. The average molecular weight is 545 g/mol. The van der Waals surface area contributed by atoms with Gasteiger partial charge in [-0.3, -0.25) is 9.36 Å². The number of carbonyl (C=O) groups excluding carboxylic acids is 1. The fourth-order valence-corrected chi connectivity index (χ4v) is 5.56. The van der Waals surface area contributed by atoms with Gasteiger partial charge in [-0.25, -0.2) is 14.2 Å². The van der Waals surface area contributed by atoms with E-state index in [1.54, 1.807) is 44.4 Å². The zero-order chi connectivity index (χ0) is 27.5. The third kappa shape index (κ3) is 4.88. The number of methoxy groups -OCH3 is 2. The summed E-state index contributed by atoms with van der Waals surface area (Å²) in [5, 5.41) is 0. The van der Waals surface area contributed by atoms with Crippen molar-refractivity contribution in [2.75, 3.05) is 20.8 Å². The Hall–Kier alpha value is -4.50. The lowest BCUT2D eigenvalue weighted by molar-refractivity contribution is -0.138. The molecular weight excluding hydrogens is 519 g/mol. The molecule has 1 aromatic heterocycles. The third-order valence-electron chi connectivity index (χ3n) is 6.28. The van der Waals surface area contributed by atoms with Gasteiger partial charge < -0.3 is 14.2 Å². The summed E-state index contributed by atoms with van der Waals surface area (Å²) in [4.78, 5) is 32.6. The van der Waals surface area contributed by atoms with Gasteiger partial charge in [-0.15, -0.1) is 0 Å². The molecule has 0 saturated heterocycles. The molecule has 0 N–H and O–H groups in total. The molecule has 0 bridgehead atoms. The van der Waals surface area contributed by atoms with Crippen LogP contribution in [0.1, 0.15) is 29.7 Å². The average Bonchev–Trinajstić information content (AvgIpc) is 3.27. The lowest BCUT2D eigenvalue weighted by Gasteiger charge is -2.25. The number of benzene rings is 3. The topological polar surface area (TPSA) is 79.1 Å². The van der Waals surface area contributed by atoms with Crippen molar-refractivity contribution in [3.05, 3.63) is 121 Å². The van der Waals surface area contributed by atoms with Gasteiger partial charge in [0.05, 0.1) is 42.7 Å². The summed E-state index contributed by atoms with van der Waals surface area (Å²) in [6, 6.07) is 19.5. The van der Waals surface area contributed by atoms with Gasteiger partial charge in [0.2, 0.25) is 0 Å². The number of hydrogen-bond donors (Lipinski definition) is 0. The van der Waals surface area contributed by atoms with Crippen LogP contribution in [0.3, 0.4) is 0 Å². The van der Waals surface area contributed by atoms with Crippen LogP contribution in [-0.4, -0.2) is 31.4 Å². The number of ether oxygens (including phenoxy) is 3. The molecule has 0 radical (unpaired) electrons. The highest BCUT2D eigenvalue weighted by Crippen LogP contribution is 2.35. The van der Waals surface area contributed by atoms with E-state index in [1.807, 2.05) is 36.4 Å². The van der Waals surface area contributed by atoms with Crippen LogP contribution in [0.25, 0.3) is 11.8 Å². The molecule has 0 amide bonds. The molecule has 1 unspecified atom stereocenters. The van der Waals surface area contributed by atoms with Gasteiger partial charge in [-0.1, -0.05) is 65.9 Å². The molecule has 0 spiro atoms. The molecule has 198 valence electrons. The molecule has 4 aromatic rings. The Morgan fingerprint density at radius 1 is 1.03 bits per heavy atom. The number of nitrogens with zero attached hydrogens (tertiary/aromatic N) is 2. The maximum Gasteiger partial charge on any atom is 0.338 e. The molecule has 3 aromatic carbocycles. The number of hydrogen-bond acceptors (Lipinski definition) is 7. The van der Waals surface area contributed by atoms with Crippen LogP contribution < -0.4 is 24.4 Å². The number of aromatic nitrogens is 1. The molecule has 9 heteroatoms. The Morgan fingerprint density at radius 2 is 1.77 bits per heavy atom.